The zero-order chi connectivity index (χ0) is 10.9. The van der Waals surface area contributed by atoms with Gasteiger partial charge in [0.25, 0.3) is 0 Å². The zero-order valence-corrected chi connectivity index (χ0v) is 8.69. The van der Waals surface area contributed by atoms with Gasteiger partial charge in [-0.2, -0.15) is 10.6 Å². The van der Waals surface area contributed by atoms with Crippen molar-refractivity contribution < 1.29 is 13.7 Å². The summed E-state index contributed by atoms with van der Waals surface area (Å²) in [5, 5.41) is 9.55. The molecule has 3 nitrogen and oxygen atoms in total. The van der Waals surface area contributed by atoms with Crippen LogP contribution in [-0.2, 0) is 20.4 Å². The van der Waals surface area contributed by atoms with Crippen LogP contribution in [0.25, 0.3) is 0 Å². The van der Waals surface area contributed by atoms with E-state index in [1.807, 2.05) is 0 Å². The number of hydrogen-bond acceptors (Lipinski definition) is 4. The van der Waals surface area contributed by atoms with Crippen LogP contribution in [0, 0.1) is 10.6 Å². The molecule has 1 rings (SSSR count). The lowest BCUT2D eigenvalue weighted by Gasteiger charge is -2.18. The van der Waals surface area contributed by atoms with Gasteiger partial charge < -0.3 is 14.1 Å². The highest BCUT2D eigenvalue weighted by molar-refractivity contribution is 7.73. The highest BCUT2D eigenvalue weighted by atomic mass is 32.2. The van der Waals surface area contributed by atoms with Crippen LogP contribution in [0.3, 0.4) is 0 Å². The van der Waals surface area contributed by atoms with E-state index in [1.165, 1.54) is 26.0 Å². The van der Waals surface area contributed by atoms with Crippen molar-refractivity contribution in [2.75, 3.05) is 0 Å². The summed E-state index contributed by atoms with van der Waals surface area (Å²) < 4.78 is 30.8. The summed E-state index contributed by atoms with van der Waals surface area (Å²) in [4.78, 5) is -0.169. The maximum Gasteiger partial charge on any atom is 0.108 e. The van der Waals surface area contributed by atoms with Crippen molar-refractivity contribution in [1.29, 1.82) is 4.78 Å². The summed E-state index contributed by atoms with van der Waals surface area (Å²) in [5.74, 6) is -0.724. The molecule has 0 saturated carbocycles. The standard InChI is InChI=1S/C9H11FNO2S/c1-9(2,12)6-3-4-8(14(11)13)7(10)5-6/h3-5,11-12H,1-2H3/q-1. The molecule has 0 radical (unpaired) electrons. The summed E-state index contributed by atoms with van der Waals surface area (Å²) in [6.45, 7) is 3.05. The van der Waals surface area contributed by atoms with Gasteiger partial charge in [0.2, 0.25) is 0 Å². The molecule has 0 aliphatic rings. The first-order valence-corrected chi connectivity index (χ1v) is 5.13. The molecule has 0 heterocycles. The molecule has 0 spiro atoms. The summed E-state index contributed by atoms with van der Waals surface area (Å²) in [6, 6.07) is 3.82. The third kappa shape index (κ3) is 2.30. The summed E-state index contributed by atoms with van der Waals surface area (Å²) in [6.07, 6.45) is 0. The maximum atomic E-state index is 13.2. The molecule has 0 aliphatic heterocycles. The Morgan fingerprint density at radius 1 is 1.50 bits per heavy atom. The van der Waals surface area contributed by atoms with Gasteiger partial charge in [-0.3, -0.25) is 0 Å². The zero-order valence-electron chi connectivity index (χ0n) is 7.87. The molecule has 14 heavy (non-hydrogen) atoms. The summed E-state index contributed by atoms with van der Waals surface area (Å²) >= 11 is 0. The molecule has 0 amide bonds. The minimum Gasteiger partial charge on any atom is -0.440 e. The Morgan fingerprint density at radius 2 is 2.07 bits per heavy atom. The highest BCUT2D eigenvalue weighted by Crippen LogP contribution is 2.22. The van der Waals surface area contributed by atoms with Gasteiger partial charge >= 0.3 is 0 Å². The molecular weight excluding hydrogens is 205 g/mol. The van der Waals surface area contributed by atoms with Gasteiger partial charge in [-0.05, 0) is 25.5 Å². The average molecular weight is 216 g/mol. The Labute approximate surface area is 83.6 Å². The van der Waals surface area contributed by atoms with Crippen molar-refractivity contribution in [1.82, 2.24) is 0 Å². The van der Waals surface area contributed by atoms with Gasteiger partial charge in [0.15, 0.2) is 0 Å². The van der Waals surface area contributed by atoms with Crippen molar-refractivity contribution >= 4 is 10.6 Å². The number of halogens is 1. The minimum atomic E-state index is -2.08. The summed E-state index contributed by atoms with van der Waals surface area (Å²) in [5.41, 5.74) is -0.743. The van der Waals surface area contributed by atoms with Crippen molar-refractivity contribution in [3.05, 3.63) is 29.6 Å². The van der Waals surface area contributed by atoms with Crippen LogP contribution in [0.5, 0.6) is 0 Å². The lowest BCUT2D eigenvalue weighted by molar-refractivity contribution is 0.0781. The van der Waals surface area contributed by atoms with E-state index in [0.29, 0.717) is 5.56 Å². The van der Waals surface area contributed by atoms with Crippen molar-refractivity contribution in [2.45, 2.75) is 24.3 Å². The van der Waals surface area contributed by atoms with E-state index >= 15 is 0 Å². The molecular formula is C9H11FNO2S-. The SMILES string of the molecule is CC(C)(O)c1ccc([S-](=N)=O)c(F)c1. The van der Waals surface area contributed by atoms with Crippen molar-refractivity contribution in [3.63, 3.8) is 0 Å². The molecule has 0 atom stereocenters. The maximum absolute atomic E-state index is 13.2. The van der Waals surface area contributed by atoms with Crippen LogP contribution >= 0.6 is 0 Å². The van der Waals surface area contributed by atoms with Crippen LogP contribution in [0.1, 0.15) is 19.4 Å². The first-order chi connectivity index (χ1) is 6.32. The molecule has 0 aliphatic carbocycles. The smallest absolute Gasteiger partial charge is 0.108 e. The highest BCUT2D eigenvalue weighted by Gasteiger charge is 2.16. The van der Waals surface area contributed by atoms with E-state index in [1.54, 1.807) is 0 Å². The summed E-state index contributed by atoms with van der Waals surface area (Å²) in [7, 11) is -2.08. The second-order valence-electron chi connectivity index (χ2n) is 3.47. The molecule has 0 fully saturated rings. The fourth-order valence-corrected chi connectivity index (χ4v) is 1.46. The van der Waals surface area contributed by atoms with Gasteiger partial charge in [-0.1, -0.05) is 17.0 Å². The van der Waals surface area contributed by atoms with Crippen molar-refractivity contribution in [3.8, 4) is 0 Å². The van der Waals surface area contributed by atoms with E-state index in [2.05, 4.69) is 0 Å². The topological polar surface area (TPSA) is 61.1 Å². The van der Waals surface area contributed by atoms with Crippen LogP contribution in [0.15, 0.2) is 23.1 Å². The monoisotopic (exact) mass is 216 g/mol. The molecule has 2 N–H and O–H groups in total. The molecule has 0 bridgehead atoms. The Hall–Kier alpha value is -0.940. The first-order valence-electron chi connectivity index (χ1n) is 3.98. The molecule has 0 aromatic heterocycles. The number of rotatable bonds is 2. The van der Waals surface area contributed by atoms with Gasteiger partial charge in [0.1, 0.15) is 5.82 Å². The van der Waals surface area contributed by atoms with Crippen LogP contribution in [0.2, 0.25) is 0 Å². The van der Waals surface area contributed by atoms with E-state index in [9.17, 15) is 13.7 Å². The number of benzene rings is 1. The van der Waals surface area contributed by atoms with Gasteiger partial charge in [0.05, 0.1) is 5.60 Å². The molecule has 5 heteroatoms. The third-order valence-corrected chi connectivity index (χ3v) is 2.57. The van der Waals surface area contributed by atoms with Crippen LogP contribution in [-0.4, -0.2) is 5.11 Å². The van der Waals surface area contributed by atoms with Crippen molar-refractivity contribution in [2.24, 2.45) is 0 Å². The first kappa shape index (κ1) is 11.1. The van der Waals surface area contributed by atoms with E-state index in [-0.39, 0.29) is 4.90 Å². The number of aliphatic hydroxyl groups is 1. The van der Waals surface area contributed by atoms with Crippen LogP contribution in [0.4, 0.5) is 4.39 Å². The third-order valence-electron chi connectivity index (χ3n) is 1.84. The van der Waals surface area contributed by atoms with E-state index in [0.717, 1.165) is 6.07 Å². The Balaban J connectivity index is 3.27. The Morgan fingerprint density at radius 3 is 2.43 bits per heavy atom. The van der Waals surface area contributed by atoms with Gasteiger partial charge in [0, 0.05) is 0 Å². The van der Waals surface area contributed by atoms with Crippen LogP contribution < -0.4 is 0 Å². The molecule has 1 aromatic rings. The fourth-order valence-electron chi connectivity index (χ4n) is 1.03. The van der Waals surface area contributed by atoms with E-state index in [4.69, 9.17) is 4.78 Å². The largest absolute Gasteiger partial charge is 0.440 e. The normalized spacial score (nSPS) is 12.1. The second kappa shape index (κ2) is 3.67. The Kier molecular flexibility index (Phi) is 2.92. The molecule has 0 saturated heterocycles. The second-order valence-corrected chi connectivity index (χ2v) is 4.45. The number of nitrogens with one attached hydrogen (secondary N) is 1. The lowest BCUT2D eigenvalue weighted by atomic mass is 9.99. The predicted molar refractivity (Wildman–Crippen MR) is 50.7 cm³/mol. The lowest BCUT2D eigenvalue weighted by Crippen LogP contribution is -2.15. The minimum absolute atomic E-state index is 0.169. The predicted octanol–water partition coefficient (Wildman–Crippen LogP) is 2.14. The molecule has 1 aromatic carbocycles. The Bertz CT molecular complexity index is 413. The van der Waals surface area contributed by atoms with Gasteiger partial charge in [-0.15, -0.1) is 0 Å². The van der Waals surface area contributed by atoms with Gasteiger partial charge in [-0.25, -0.2) is 4.39 Å². The fraction of sp³-hybridized carbons (Fsp3) is 0.333. The quantitative estimate of drug-likeness (QED) is 0.744. The molecule has 78 valence electrons. The average Bonchev–Trinajstić information content (AvgIpc) is 2.01. The number of hydrogen-bond donors (Lipinski definition) is 2. The van der Waals surface area contributed by atoms with E-state index < -0.39 is 22.0 Å². The molecule has 0 unspecified atom stereocenters.